The van der Waals surface area contributed by atoms with Crippen LogP contribution in [0.15, 0.2) is 72.3 Å². The van der Waals surface area contributed by atoms with E-state index in [9.17, 15) is 19.8 Å². The summed E-state index contributed by atoms with van der Waals surface area (Å²) in [6.07, 6.45) is 0.644. The first kappa shape index (κ1) is 29.2. The molecule has 0 bridgehead atoms. The zero-order valence-corrected chi connectivity index (χ0v) is 23.9. The molecule has 0 aromatic heterocycles. The van der Waals surface area contributed by atoms with E-state index in [0.29, 0.717) is 55.2 Å². The second kappa shape index (κ2) is 13.1. The molecule has 0 saturated carbocycles. The third kappa shape index (κ3) is 6.27. The summed E-state index contributed by atoms with van der Waals surface area (Å²) in [5, 5.41) is 21.8. The Kier molecular flexibility index (Phi) is 9.09. The van der Waals surface area contributed by atoms with Crippen LogP contribution in [0.5, 0.6) is 17.2 Å². The van der Waals surface area contributed by atoms with E-state index in [1.807, 2.05) is 37.3 Å². The number of hydrogen-bond donors (Lipinski definition) is 2. The highest BCUT2D eigenvalue weighted by Crippen LogP contribution is 2.42. The summed E-state index contributed by atoms with van der Waals surface area (Å²) in [7, 11) is 1.43. The first-order chi connectivity index (χ1) is 20.4. The third-order valence-corrected chi connectivity index (χ3v) is 7.74. The number of nitrogens with zero attached hydrogens (tertiary/aromatic N) is 2. The number of aliphatic hydroxyl groups excluding tert-OH is 1. The molecule has 2 aliphatic rings. The number of aliphatic hydroxyl groups is 1. The van der Waals surface area contributed by atoms with E-state index in [4.69, 9.17) is 14.2 Å². The fraction of sp³-hybridized carbons (Fsp3) is 0.333. The van der Waals surface area contributed by atoms with Crippen molar-refractivity contribution >= 4 is 17.4 Å². The molecule has 2 aliphatic heterocycles. The lowest BCUT2D eigenvalue weighted by Gasteiger charge is -2.29. The average Bonchev–Trinajstić information content (AvgIpc) is 3.26. The summed E-state index contributed by atoms with van der Waals surface area (Å²) in [6.45, 7) is 6.27. The van der Waals surface area contributed by atoms with Crippen molar-refractivity contribution in [2.24, 2.45) is 0 Å². The van der Waals surface area contributed by atoms with Gasteiger partial charge >= 0.3 is 0 Å². The minimum atomic E-state index is -0.849. The molecule has 3 aromatic rings. The minimum absolute atomic E-state index is 0.000157. The van der Waals surface area contributed by atoms with Gasteiger partial charge in [-0.15, -0.1) is 0 Å². The molecule has 9 heteroatoms. The predicted octanol–water partition coefficient (Wildman–Crippen LogP) is 4.43. The summed E-state index contributed by atoms with van der Waals surface area (Å²) in [5.74, 6) is -0.907. The maximum atomic E-state index is 13.5. The Morgan fingerprint density at radius 3 is 2.48 bits per heavy atom. The van der Waals surface area contributed by atoms with E-state index in [2.05, 4.69) is 4.90 Å². The standard InChI is InChI=1S/C33H36N2O7/c1-22-19-25(42-21-23-7-4-3-5-8-23)10-11-26(22)31(37)29-30(24-9-12-27(36)28(20-24)40-2)35(33(39)32(29)38)14-6-13-34-15-17-41-18-16-34/h3-5,7-12,19-20,30,36-37H,6,13-18,21H2,1-2H3/t30-/m0/s1. The SMILES string of the molecule is COc1cc([C@H]2C(=C(O)c3ccc(OCc4ccccc4)cc3C)C(=O)C(=O)N2CCCN2CCOCC2)ccc1O. The lowest BCUT2D eigenvalue weighted by Crippen LogP contribution is -2.38. The van der Waals surface area contributed by atoms with Crippen LogP contribution in [-0.2, 0) is 20.9 Å². The largest absolute Gasteiger partial charge is 0.507 e. The van der Waals surface area contributed by atoms with Crippen LogP contribution in [0.3, 0.4) is 0 Å². The second-order valence-corrected chi connectivity index (χ2v) is 10.5. The number of carbonyl (C=O) groups is 2. The van der Waals surface area contributed by atoms with Crippen molar-refractivity contribution in [2.75, 3.05) is 46.5 Å². The number of carbonyl (C=O) groups excluding carboxylic acids is 2. The van der Waals surface area contributed by atoms with Crippen LogP contribution in [0, 0.1) is 6.92 Å². The van der Waals surface area contributed by atoms with Gasteiger partial charge < -0.3 is 29.3 Å². The summed E-state index contributed by atoms with van der Waals surface area (Å²) >= 11 is 0. The molecular formula is C33H36N2O7. The number of hydrogen-bond acceptors (Lipinski definition) is 8. The summed E-state index contributed by atoms with van der Waals surface area (Å²) in [4.78, 5) is 30.7. The normalized spacial score (nSPS) is 18.8. The number of amides is 1. The number of aromatic hydroxyl groups is 1. The van der Waals surface area contributed by atoms with Crippen LogP contribution in [0.25, 0.3) is 5.76 Å². The van der Waals surface area contributed by atoms with Crippen molar-refractivity contribution in [3.63, 3.8) is 0 Å². The van der Waals surface area contributed by atoms with E-state index < -0.39 is 17.7 Å². The minimum Gasteiger partial charge on any atom is -0.507 e. The third-order valence-electron chi connectivity index (χ3n) is 7.74. The molecule has 2 fully saturated rings. The number of Topliss-reactive ketones (excluding diaryl/α,β-unsaturated/α-hetero) is 1. The molecule has 1 amide bonds. The number of benzene rings is 3. The smallest absolute Gasteiger partial charge is 0.295 e. The van der Waals surface area contributed by atoms with Crippen LogP contribution in [0.1, 0.15) is 34.7 Å². The quantitative estimate of drug-likeness (QED) is 0.209. The highest BCUT2D eigenvalue weighted by atomic mass is 16.5. The Labute approximate surface area is 245 Å². The molecule has 1 atom stereocenters. The molecule has 2 saturated heterocycles. The highest BCUT2D eigenvalue weighted by Gasteiger charge is 2.46. The number of phenolic OH excluding ortho intramolecular Hbond substituents is 1. The van der Waals surface area contributed by atoms with Crippen LogP contribution >= 0.6 is 0 Å². The summed E-state index contributed by atoms with van der Waals surface area (Å²) in [6, 6.07) is 18.9. The number of rotatable bonds is 10. The molecule has 0 radical (unpaired) electrons. The summed E-state index contributed by atoms with van der Waals surface area (Å²) < 4.78 is 16.7. The fourth-order valence-electron chi connectivity index (χ4n) is 5.49. The second-order valence-electron chi connectivity index (χ2n) is 10.5. The first-order valence-corrected chi connectivity index (χ1v) is 14.1. The van der Waals surface area contributed by atoms with Gasteiger partial charge in [-0.2, -0.15) is 0 Å². The molecule has 2 heterocycles. The molecule has 42 heavy (non-hydrogen) atoms. The zero-order chi connectivity index (χ0) is 29.6. The number of methoxy groups -OCH3 is 1. The lowest BCUT2D eigenvalue weighted by atomic mass is 9.93. The fourth-order valence-corrected chi connectivity index (χ4v) is 5.49. The molecule has 5 rings (SSSR count). The molecule has 0 unspecified atom stereocenters. The Morgan fingerprint density at radius 1 is 1.00 bits per heavy atom. The van der Waals surface area contributed by atoms with Gasteiger partial charge in [-0.3, -0.25) is 14.5 Å². The number of morpholine rings is 1. The van der Waals surface area contributed by atoms with Crippen molar-refractivity contribution in [3.05, 3.63) is 94.6 Å². The Bertz CT molecular complexity index is 1460. The van der Waals surface area contributed by atoms with Gasteiger partial charge in [-0.1, -0.05) is 36.4 Å². The first-order valence-electron chi connectivity index (χ1n) is 14.1. The molecule has 2 N–H and O–H groups in total. The molecule has 220 valence electrons. The number of phenols is 1. The topological polar surface area (TPSA) is 109 Å². The Balaban J connectivity index is 1.46. The van der Waals surface area contributed by atoms with Gasteiger partial charge in [0.05, 0.1) is 31.9 Å². The molecule has 0 spiro atoms. The average molecular weight is 573 g/mol. The van der Waals surface area contributed by atoms with E-state index in [1.54, 1.807) is 30.3 Å². The van der Waals surface area contributed by atoms with E-state index in [0.717, 1.165) is 25.2 Å². The van der Waals surface area contributed by atoms with E-state index >= 15 is 0 Å². The van der Waals surface area contributed by atoms with Crippen LogP contribution in [0.2, 0.25) is 0 Å². The number of likely N-dealkylation sites (tertiary alicyclic amines) is 1. The van der Waals surface area contributed by atoms with Gasteiger partial charge in [0.15, 0.2) is 11.5 Å². The van der Waals surface area contributed by atoms with Crippen molar-refractivity contribution in [2.45, 2.75) is 26.0 Å². The number of ketones is 1. The summed E-state index contributed by atoms with van der Waals surface area (Å²) in [5.41, 5.74) is 2.71. The van der Waals surface area contributed by atoms with Gasteiger partial charge in [-0.05, 0) is 60.4 Å². The highest BCUT2D eigenvalue weighted by molar-refractivity contribution is 6.46. The maximum absolute atomic E-state index is 13.5. The monoisotopic (exact) mass is 572 g/mol. The lowest BCUT2D eigenvalue weighted by molar-refractivity contribution is -0.140. The molecular weight excluding hydrogens is 536 g/mol. The predicted molar refractivity (Wildman–Crippen MR) is 157 cm³/mol. The maximum Gasteiger partial charge on any atom is 0.295 e. The molecule has 3 aromatic carbocycles. The Morgan fingerprint density at radius 2 is 1.76 bits per heavy atom. The number of aryl methyl sites for hydroxylation is 1. The van der Waals surface area contributed by atoms with Gasteiger partial charge in [0.25, 0.3) is 11.7 Å². The Hall–Kier alpha value is -4.34. The van der Waals surface area contributed by atoms with Gasteiger partial charge in [0.2, 0.25) is 0 Å². The van der Waals surface area contributed by atoms with Crippen LogP contribution < -0.4 is 9.47 Å². The number of ether oxygens (including phenoxy) is 3. The van der Waals surface area contributed by atoms with Crippen molar-refractivity contribution in [1.29, 1.82) is 0 Å². The van der Waals surface area contributed by atoms with Crippen molar-refractivity contribution < 1.29 is 34.0 Å². The van der Waals surface area contributed by atoms with Crippen molar-refractivity contribution in [3.8, 4) is 17.2 Å². The van der Waals surface area contributed by atoms with Crippen LogP contribution in [0.4, 0.5) is 0 Å². The van der Waals surface area contributed by atoms with E-state index in [-0.39, 0.29) is 22.8 Å². The van der Waals surface area contributed by atoms with Crippen molar-refractivity contribution in [1.82, 2.24) is 9.80 Å². The van der Waals surface area contributed by atoms with Crippen LogP contribution in [-0.4, -0.2) is 78.2 Å². The zero-order valence-electron chi connectivity index (χ0n) is 23.9. The molecule has 0 aliphatic carbocycles. The van der Waals surface area contributed by atoms with Gasteiger partial charge in [-0.25, -0.2) is 0 Å². The van der Waals surface area contributed by atoms with Gasteiger partial charge in [0.1, 0.15) is 18.1 Å². The molecule has 9 nitrogen and oxygen atoms in total. The van der Waals surface area contributed by atoms with Gasteiger partial charge in [0, 0.05) is 31.7 Å². The van der Waals surface area contributed by atoms with E-state index in [1.165, 1.54) is 18.1 Å².